The van der Waals surface area contributed by atoms with Crippen LogP contribution in [0.15, 0.2) is 0 Å². The Morgan fingerprint density at radius 1 is 1.29 bits per heavy atom. The molecule has 1 unspecified atom stereocenters. The molecule has 2 aliphatic rings. The van der Waals surface area contributed by atoms with Crippen LogP contribution in [0, 0.1) is 0 Å². The summed E-state index contributed by atoms with van der Waals surface area (Å²) in [6, 6.07) is 0. The van der Waals surface area contributed by atoms with Gasteiger partial charge in [0.1, 0.15) is 0 Å². The maximum atomic E-state index is 6.07. The van der Waals surface area contributed by atoms with Gasteiger partial charge in [-0.3, -0.25) is 0 Å². The van der Waals surface area contributed by atoms with Gasteiger partial charge in [0.05, 0.1) is 18.3 Å². The lowest BCUT2D eigenvalue weighted by atomic mass is 9.79. The van der Waals surface area contributed by atoms with Crippen molar-refractivity contribution < 1.29 is 9.47 Å². The normalized spacial score (nSPS) is 28.4. The fourth-order valence-electron chi connectivity index (χ4n) is 3.14. The molecule has 1 saturated heterocycles. The number of hydrogen-bond acceptors (Lipinski definition) is 3. The Morgan fingerprint density at radius 3 is 2.88 bits per heavy atom. The molecule has 1 aliphatic heterocycles. The minimum Gasteiger partial charge on any atom is -0.377 e. The molecule has 0 aromatic rings. The van der Waals surface area contributed by atoms with E-state index in [0.29, 0.717) is 6.10 Å². The number of likely N-dealkylation sites (N-methyl/N-ethyl adjacent to an activating group) is 1. The summed E-state index contributed by atoms with van der Waals surface area (Å²) in [5.74, 6) is 0. The van der Waals surface area contributed by atoms with Crippen LogP contribution in [0.25, 0.3) is 0 Å². The van der Waals surface area contributed by atoms with E-state index in [-0.39, 0.29) is 5.60 Å². The maximum Gasteiger partial charge on any atom is 0.0707 e. The largest absolute Gasteiger partial charge is 0.377 e. The van der Waals surface area contributed by atoms with E-state index in [4.69, 9.17) is 9.47 Å². The van der Waals surface area contributed by atoms with Crippen molar-refractivity contribution in [1.82, 2.24) is 5.32 Å². The molecule has 2 fully saturated rings. The van der Waals surface area contributed by atoms with Gasteiger partial charge < -0.3 is 14.8 Å². The number of nitrogens with one attached hydrogen (secondary N) is 1. The lowest BCUT2D eigenvalue weighted by Crippen LogP contribution is -2.44. The maximum absolute atomic E-state index is 6.07. The molecule has 0 aromatic heterocycles. The van der Waals surface area contributed by atoms with Crippen molar-refractivity contribution in [3.8, 4) is 0 Å². The second-order valence-electron chi connectivity index (χ2n) is 5.43. The first-order valence-corrected chi connectivity index (χ1v) is 7.31. The second kappa shape index (κ2) is 6.72. The summed E-state index contributed by atoms with van der Waals surface area (Å²) < 4.78 is 12.0. The number of rotatable bonds is 5. The Hall–Kier alpha value is -0.120. The summed E-state index contributed by atoms with van der Waals surface area (Å²) in [5.41, 5.74) is 0.180. The molecule has 0 amide bonds. The van der Waals surface area contributed by atoms with Gasteiger partial charge in [0.2, 0.25) is 0 Å². The number of ether oxygens (including phenoxy) is 2. The molecule has 17 heavy (non-hydrogen) atoms. The van der Waals surface area contributed by atoms with Crippen molar-refractivity contribution in [3.05, 3.63) is 0 Å². The predicted octanol–water partition coefficient (Wildman–Crippen LogP) is 2.49. The van der Waals surface area contributed by atoms with E-state index in [1.807, 2.05) is 0 Å². The van der Waals surface area contributed by atoms with Gasteiger partial charge >= 0.3 is 0 Å². The molecule has 3 nitrogen and oxygen atoms in total. The SMILES string of the molecule is CCNCCOC1CCOC2(CCCCC2)C1. The van der Waals surface area contributed by atoms with Crippen molar-refractivity contribution in [2.45, 2.75) is 63.6 Å². The molecule has 0 bridgehead atoms. The second-order valence-corrected chi connectivity index (χ2v) is 5.43. The molecular formula is C14H27NO2. The quantitative estimate of drug-likeness (QED) is 0.750. The van der Waals surface area contributed by atoms with Gasteiger partial charge in [0.25, 0.3) is 0 Å². The standard InChI is InChI=1S/C14H27NO2/c1-2-15-9-11-16-13-6-10-17-14(12-13)7-4-3-5-8-14/h13,15H,2-12H2,1H3. The van der Waals surface area contributed by atoms with Crippen LogP contribution in [-0.2, 0) is 9.47 Å². The first-order chi connectivity index (χ1) is 8.35. The van der Waals surface area contributed by atoms with Gasteiger partial charge in [-0.05, 0) is 25.8 Å². The van der Waals surface area contributed by atoms with Crippen molar-refractivity contribution in [2.75, 3.05) is 26.3 Å². The fourth-order valence-corrected chi connectivity index (χ4v) is 3.14. The molecule has 1 saturated carbocycles. The minimum absolute atomic E-state index is 0.180. The first-order valence-electron chi connectivity index (χ1n) is 7.31. The monoisotopic (exact) mass is 241 g/mol. The summed E-state index contributed by atoms with van der Waals surface area (Å²) >= 11 is 0. The third-order valence-corrected chi connectivity index (χ3v) is 4.09. The Morgan fingerprint density at radius 2 is 2.12 bits per heavy atom. The third kappa shape index (κ3) is 3.94. The summed E-state index contributed by atoms with van der Waals surface area (Å²) in [4.78, 5) is 0. The lowest BCUT2D eigenvalue weighted by Gasteiger charge is -2.43. The Labute approximate surface area is 105 Å². The van der Waals surface area contributed by atoms with Crippen molar-refractivity contribution >= 4 is 0 Å². The highest BCUT2D eigenvalue weighted by molar-refractivity contribution is 4.90. The lowest BCUT2D eigenvalue weighted by molar-refractivity contribution is -0.147. The van der Waals surface area contributed by atoms with E-state index in [0.717, 1.165) is 39.1 Å². The fraction of sp³-hybridized carbons (Fsp3) is 1.00. The van der Waals surface area contributed by atoms with E-state index in [9.17, 15) is 0 Å². The van der Waals surface area contributed by atoms with Crippen LogP contribution in [0.3, 0.4) is 0 Å². The van der Waals surface area contributed by atoms with Crippen molar-refractivity contribution in [3.63, 3.8) is 0 Å². The van der Waals surface area contributed by atoms with Crippen LogP contribution in [0.2, 0.25) is 0 Å². The molecule has 1 N–H and O–H groups in total. The van der Waals surface area contributed by atoms with Gasteiger partial charge in [-0.15, -0.1) is 0 Å². The highest BCUT2D eigenvalue weighted by atomic mass is 16.5. The Bertz CT molecular complexity index is 209. The smallest absolute Gasteiger partial charge is 0.0707 e. The average Bonchev–Trinajstić information content (AvgIpc) is 2.36. The first kappa shape index (κ1) is 13.3. The van der Waals surface area contributed by atoms with E-state index in [1.165, 1.54) is 32.1 Å². The van der Waals surface area contributed by atoms with Crippen LogP contribution in [0.4, 0.5) is 0 Å². The number of hydrogen-bond donors (Lipinski definition) is 1. The van der Waals surface area contributed by atoms with E-state index in [2.05, 4.69) is 12.2 Å². The summed E-state index contributed by atoms with van der Waals surface area (Å²) in [6.07, 6.45) is 9.19. The molecule has 2 rings (SSSR count). The molecule has 100 valence electrons. The molecule has 0 radical (unpaired) electrons. The van der Waals surface area contributed by atoms with Crippen LogP contribution >= 0.6 is 0 Å². The van der Waals surface area contributed by atoms with Crippen LogP contribution in [-0.4, -0.2) is 38.0 Å². The highest BCUT2D eigenvalue weighted by Crippen LogP contribution is 2.39. The van der Waals surface area contributed by atoms with Crippen molar-refractivity contribution in [2.24, 2.45) is 0 Å². The van der Waals surface area contributed by atoms with Crippen molar-refractivity contribution in [1.29, 1.82) is 0 Å². The zero-order chi connectivity index (χ0) is 12.0. The van der Waals surface area contributed by atoms with Gasteiger partial charge in [-0.25, -0.2) is 0 Å². The zero-order valence-electron chi connectivity index (χ0n) is 11.2. The van der Waals surface area contributed by atoms with Gasteiger partial charge in [-0.1, -0.05) is 26.2 Å². The molecule has 1 atom stereocenters. The van der Waals surface area contributed by atoms with Gasteiger partial charge in [0, 0.05) is 19.6 Å². The van der Waals surface area contributed by atoms with Crippen LogP contribution in [0.1, 0.15) is 51.9 Å². The molecular weight excluding hydrogens is 214 g/mol. The van der Waals surface area contributed by atoms with Gasteiger partial charge in [0.15, 0.2) is 0 Å². The Kier molecular flexibility index (Phi) is 5.26. The van der Waals surface area contributed by atoms with Crippen LogP contribution in [0.5, 0.6) is 0 Å². The van der Waals surface area contributed by atoms with Gasteiger partial charge in [-0.2, -0.15) is 0 Å². The summed E-state index contributed by atoms with van der Waals surface area (Å²) in [7, 11) is 0. The van der Waals surface area contributed by atoms with E-state index in [1.54, 1.807) is 0 Å². The topological polar surface area (TPSA) is 30.5 Å². The summed E-state index contributed by atoms with van der Waals surface area (Å²) in [6.45, 7) is 5.87. The molecule has 1 spiro atoms. The molecule has 1 aliphatic carbocycles. The third-order valence-electron chi connectivity index (χ3n) is 4.09. The zero-order valence-corrected chi connectivity index (χ0v) is 11.2. The molecule has 1 heterocycles. The minimum atomic E-state index is 0.180. The predicted molar refractivity (Wildman–Crippen MR) is 69.3 cm³/mol. The van der Waals surface area contributed by atoms with Crippen LogP contribution < -0.4 is 5.32 Å². The molecule has 3 heteroatoms. The molecule has 0 aromatic carbocycles. The average molecular weight is 241 g/mol. The van der Waals surface area contributed by atoms with E-state index >= 15 is 0 Å². The summed E-state index contributed by atoms with van der Waals surface area (Å²) in [5, 5.41) is 3.30. The van der Waals surface area contributed by atoms with E-state index < -0.39 is 0 Å². The highest BCUT2D eigenvalue weighted by Gasteiger charge is 2.38. The Balaban J connectivity index is 1.72.